The number of hydrogen-bond acceptors (Lipinski definition) is 4. The molecule has 1 saturated carbocycles. The van der Waals surface area contributed by atoms with Gasteiger partial charge in [-0.1, -0.05) is 12.8 Å². The number of amides is 1. The van der Waals surface area contributed by atoms with Crippen molar-refractivity contribution in [2.24, 2.45) is 0 Å². The third-order valence-electron chi connectivity index (χ3n) is 4.93. The fraction of sp³-hybridized carbons (Fsp3) is 0.588. The molecule has 1 aliphatic carbocycles. The van der Waals surface area contributed by atoms with Crippen LogP contribution in [-0.4, -0.2) is 50.2 Å². The predicted molar refractivity (Wildman–Crippen MR) is 89.3 cm³/mol. The van der Waals surface area contributed by atoms with E-state index in [2.05, 4.69) is 5.32 Å². The summed E-state index contributed by atoms with van der Waals surface area (Å²) < 4.78 is 25.1. The van der Waals surface area contributed by atoms with E-state index in [0.717, 1.165) is 38.8 Å². The zero-order valence-electron chi connectivity index (χ0n) is 13.5. The summed E-state index contributed by atoms with van der Waals surface area (Å²) in [4.78, 5) is 14.8. The van der Waals surface area contributed by atoms with E-state index in [1.807, 2.05) is 11.8 Å². The van der Waals surface area contributed by atoms with Crippen LogP contribution >= 0.6 is 0 Å². The minimum Gasteiger partial charge on any atom is -0.333 e. The van der Waals surface area contributed by atoms with Gasteiger partial charge in [0.25, 0.3) is 5.91 Å². The number of nitrogens with one attached hydrogen (secondary N) is 1. The maximum Gasteiger partial charge on any atom is 0.254 e. The number of rotatable bonds is 3. The van der Waals surface area contributed by atoms with E-state index in [4.69, 9.17) is 0 Å². The lowest BCUT2D eigenvalue weighted by Crippen LogP contribution is -2.52. The van der Waals surface area contributed by atoms with E-state index in [1.165, 1.54) is 0 Å². The summed E-state index contributed by atoms with van der Waals surface area (Å²) in [5.41, 5.74) is 0.559. The van der Waals surface area contributed by atoms with Crippen LogP contribution in [-0.2, 0) is 9.84 Å². The fourth-order valence-corrected chi connectivity index (χ4v) is 5.34. The Balaban J connectivity index is 1.77. The van der Waals surface area contributed by atoms with E-state index in [9.17, 15) is 13.2 Å². The number of nitrogens with zero attached hydrogens (tertiary/aromatic N) is 1. The van der Waals surface area contributed by atoms with E-state index in [-0.39, 0.29) is 17.2 Å². The van der Waals surface area contributed by atoms with Gasteiger partial charge in [0.05, 0.1) is 10.1 Å². The average molecular weight is 336 g/mol. The minimum absolute atomic E-state index is 0.0242. The van der Waals surface area contributed by atoms with Crippen LogP contribution < -0.4 is 5.32 Å². The van der Waals surface area contributed by atoms with Crippen molar-refractivity contribution in [3.8, 4) is 0 Å². The molecule has 5 nitrogen and oxygen atoms in total. The highest BCUT2D eigenvalue weighted by atomic mass is 32.2. The lowest BCUT2D eigenvalue weighted by molar-refractivity contribution is 0.0655. The number of benzene rings is 1. The van der Waals surface area contributed by atoms with E-state index >= 15 is 0 Å². The molecule has 0 unspecified atom stereocenters. The van der Waals surface area contributed by atoms with Gasteiger partial charge >= 0.3 is 0 Å². The second-order valence-electron chi connectivity index (χ2n) is 6.53. The Morgan fingerprint density at radius 2 is 1.83 bits per heavy atom. The number of piperazine rings is 1. The van der Waals surface area contributed by atoms with Gasteiger partial charge in [-0.15, -0.1) is 0 Å². The first-order chi connectivity index (χ1) is 11.0. The highest BCUT2D eigenvalue weighted by Crippen LogP contribution is 2.29. The summed E-state index contributed by atoms with van der Waals surface area (Å²) in [7, 11) is -3.25. The molecule has 126 valence electrons. The molecule has 3 rings (SSSR count). The van der Waals surface area contributed by atoms with Crippen LogP contribution in [0.1, 0.15) is 43.0 Å². The molecule has 1 aliphatic heterocycles. The van der Waals surface area contributed by atoms with Gasteiger partial charge in [-0.25, -0.2) is 8.42 Å². The van der Waals surface area contributed by atoms with Gasteiger partial charge in [0.1, 0.15) is 0 Å². The Labute approximate surface area is 138 Å². The van der Waals surface area contributed by atoms with E-state index in [1.54, 1.807) is 24.3 Å². The second kappa shape index (κ2) is 6.61. The van der Waals surface area contributed by atoms with Crippen LogP contribution in [0.2, 0.25) is 0 Å². The molecule has 2 aliphatic rings. The Hall–Kier alpha value is -1.40. The molecule has 0 aromatic heterocycles. The van der Waals surface area contributed by atoms with Crippen molar-refractivity contribution in [1.82, 2.24) is 10.2 Å². The van der Waals surface area contributed by atoms with Crippen molar-refractivity contribution in [3.63, 3.8) is 0 Å². The predicted octanol–water partition coefficient (Wildman–Crippen LogP) is 1.84. The first-order valence-corrected chi connectivity index (χ1v) is 9.90. The largest absolute Gasteiger partial charge is 0.333 e. The third kappa shape index (κ3) is 3.28. The smallest absolute Gasteiger partial charge is 0.254 e. The molecule has 23 heavy (non-hydrogen) atoms. The standard InChI is InChI=1S/C17H24N2O3S/c1-13-12-18-10-11-19(13)17(20)14-6-8-16(9-7-14)23(21,22)15-4-2-3-5-15/h6-9,13,15,18H,2-5,10-12H2,1H3/t13-/m1/s1. The summed E-state index contributed by atoms with van der Waals surface area (Å²) in [6, 6.07) is 6.64. The Bertz CT molecular complexity index is 664. The topological polar surface area (TPSA) is 66.5 Å². The van der Waals surface area contributed by atoms with Crippen LogP contribution in [0.25, 0.3) is 0 Å². The molecule has 0 radical (unpaired) electrons. The van der Waals surface area contributed by atoms with Gasteiger partial charge in [-0.05, 0) is 44.0 Å². The zero-order valence-corrected chi connectivity index (χ0v) is 14.3. The molecule has 0 bridgehead atoms. The van der Waals surface area contributed by atoms with Gasteiger partial charge in [-0.3, -0.25) is 4.79 Å². The summed E-state index contributed by atoms with van der Waals surface area (Å²) in [5, 5.41) is 3.01. The van der Waals surface area contributed by atoms with Crippen molar-refractivity contribution in [2.45, 2.75) is 48.8 Å². The second-order valence-corrected chi connectivity index (χ2v) is 8.76. The van der Waals surface area contributed by atoms with Crippen LogP contribution in [0.5, 0.6) is 0 Å². The van der Waals surface area contributed by atoms with Crippen molar-refractivity contribution in [3.05, 3.63) is 29.8 Å². The first-order valence-electron chi connectivity index (χ1n) is 8.36. The normalized spacial score (nSPS) is 23.2. The van der Waals surface area contributed by atoms with Crippen molar-refractivity contribution < 1.29 is 13.2 Å². The molecule has 2 fully saturated rings. The zero-order chi connectivity index (χ0) is 16.4. The van der Waals surface area contributed by atoms with Crippen LogP contribution in [0.15, 0.2) is 29.2 Å². The molecule has 1 N–H and O–H groups in total. The maximum atomic E-state index is 12.6. The van der Waals surface area contributed by atoms with E-state index in [0.29, 0.717) is 17.0 Å². The summed E-state index contributed by atoms with van der Waals surface area (Å²) in [5.74, 6) is -0.0242. The quantitative estimate of drug-likeness (QED) is 0.914. The van der Waals surface area contributed by atoms with Crippen LogP contribution in [0.4, 0.5) is 0 Å². The first kappa shape index (κ1) is 16.5. The molecule has 1 saturated heterocycles. The molecule has 0 spiro atoms. The molecular formula is C17H24N2O3S. The van der Waals surface area contributed by atoms with Gasteiger partial charge in [0.2, 0.25) is 0 Å². The molecule has 1 aromatic rings. The Kier molecular flexibility index (Phi) is 4.73. The van der Waals surface area contributed by atoms with Gasteiger partial charge in [0, 0.05) is 31.2 Å². The number of carbonyl (C=O) groups is 1. The van der Waals surface area contributed by atoms with Crippen LogP contribution in [0, 0.1) is 0 Å². The molecule has 1 heterocycles. The lowest BCUT2D eigenvalue weighted by atomic mass is 10.1. The SMILES string of the molecule is C[C@@H]1CNCCN1C(=O)c1ccc(S(=O)(=O)C2CCCC2)cc1. The molecule has 1 aromatic carbocycles. The van der Waals surface area contributed by atoms with Gasteiger partial charge in [0.15, 0.2) is 9.84 Å². The van der Waals surface area contributed by atoms with Gasteiger partial charge < -0.3 is 10.2 Å². The molecular weight excluding hydrogens is 312 g/mol. The summed E-state index contributed by atoms with van der Waals surface area (Å²) in [6.45, 7) is 4.29. The minimum atomic E-state index is -3.25. The Morgan fingerprint density at radius 1 is 1.17 bits per heavy atom. The number of hydrogen-bond donors (Lipinski definition) is 1. The third-order valence-corrected chi connectivity index (χ3v) is 7.21. The lowest BCUT2D eigenvalue weighted by Gasteiger charge is -2.34. The summed E-state index contributed by atoms with van der Waals surface area (Å²) >= 11 is 0. The number of sulfone groups is 1. The highest BCUT2D eigenvalue weighted by Gasteiger charge is 2.30. The van der Waals surface area contributed by atoms with E-state index < -0.39 is 9.84 Å². The highest BCUT2D eigenvalue weighted by molar-refractivity contribution is 7.92. The number of carbonyl (C=O) groups excluding carboxylic acids is 1. The molecule has 1 atom stereocenters. The van der Waals surface area contributed by atoms with Crippen molar-refractivity contribution >= 4 is 15.7 Å². The van der Waals surface area contributed by atoms with Crippen LogP contribution in [0.3, 0.4) is 0 Å². The van der Waals surface area contributed by atoms with Crippen molar-refractivity contribution in [2.75, 3.05) is 19.6 Å². The van der Waals surface area contributed by atoms with Gasteiger partial charge in [-0.2, -0.15) is 0 Å². The monoisotopic (exact) mass is 336 g/mol. The maximum absolute atomic E-state index is 12.6. The molecule has 6 heteroatoms. The summed E-state index contributed by atoms with van der Waals surface area (Å²) in [6.07, 6.45) is 3.48. The Morgan fingerprint density at radius 3 is 2.43 bits per heavy atom. The molecule has 1 amide bonds. The fourth-order valence-electron chi connectivity index (χ4n) is 3.49. The van der Waals surface area contributed by atoms with Crippen molar-refractivity contribution in [1.29, 1.82) is 0 Å². The average Bonchev–Trinajstić information content (AvgIpc) is 3.10.